The van der Waals surface area contributed by atoms with Crippen LogP contribution in [-0.4, -0.2) is 9.97 Å². The third-order valence-corrected chi connectivity index (χ3v) is 5.82. The molecule has 26 heavy (non-hydrogen) atoms. The van der Waals surface area contributed by atoms with Crippen LogP contribution in [0.1, 0.15) is 62.0 Å². The van der Waals surface area contributed by atoms with Gasteiger partial charge in [-0.25, -0.2) is 9.97 Å². The molecule has 130 valence electrons. The molecule has 1 heterocycles. The van der Waals surface area contributed by atoms with Gasteiger partial charge in [0.15, 0.2) is 0 Å². The minimum Gasteiger partial charge on any atom is -0.249 e. The third kappa shape index (κ3) is 2.56. The highest BCUT2D eigenvalue weighted by atomic mass is 14.8. The van der Waals surface area contributed by atoms with Crippen molar-refractivity contribution in [1.29, 1.82) is 0 Å². The summed E-state index contributed by atoms with van der Waals surface area (Å²) in [6, 6.07) is 4.54. The van der Waals surface area contributed by atoms with Gasteiger partial charge in [0.05, 0.1) is 22.4 Å². The van der Waals surface area contributed by atoms with Crippen molar-refractivity contribution in [1.82, 2.24) is 9.97 Å². The van der Waals surface area contributed by atoms with E-state index in [1.54, 1.807) is 0 Å². The molecule has 0 saturated heterocycles. The van der Waals surface area contributed by atoms with E-state index in [1.807, 2.05) is 0 Å². The fourth-order valence-corrected chi connectivity index (χ4v) is 4.40. The fourth-order valence-electron chi connectivity index (χ4n) is 4.40. The second kappa shape index (κ2) is 6.05. The summed E-state index contributed by atoms with van der Waals surface area (Å²) in [5.41, 5.74) is 12.8. The van der Waals surface area contributed by atoms with E-state index in [2.05, 4.69) is 50.3 Å². The monoisotopic (exact) mass is 340 g/mol. The number of nitrogens with zero attached hydrogens (tertiary/aromatic N) is 2. The van der Waals surface area contributed by atoms with Crippen LogP contribution in [0.25, 0.3) is 22.2 Å². The Morgan fingerprint density at radius 2 is 1.12 bits per heavy atom. The molecule has 2 aromatic rings. The van der Waals surface area contributed by atoms with Gasteiger partial charge in [0.1, 0.15) is 0 Å². The van der Waals surface area contributed by atoms with Crippen molar-refractivity contribution in [2.75, 3.05) is 0 Å². The highest BCUT2D eigenvalue weighted by molar-refractivity contribution is 5.98. The van der Waals surface area contributed by atoms with E-state index in [9.17, 15) is 0 Å². The summed E-state index contributed by atoms with van der Waals surface area (Å²) < 4.78 is 0. The summed E-state index contributed by atoms with van der Waals surface area (Å²) in [5, 5.41) is 0. The Kier molecular flexibility index (Phi) is 3.66. The van der Waals surface area contributed by atoms with E-state index in [0.29, 0.717) is 0 Å². The summed E-state index contributed by atoms with van der Waals surface area (Å²) in [7, 11) is 0. The molecule has 0 N–H and O–H groups in total. The molecule has 0 amide bonds. The van der Waals surface area contributed by atoms with Gasteiger partial charge in [0.25, 0.3) is 0 Å². The maximum absolute atomic E-state index is 5.17. The predicted octanol–water partition coefficient (Wildman–Crippen LogP) is 5.98. The number of fused-ring (bicyclic) bond motifs is 2. The molecule has 2 nitrogen and oxygen atoms in total. The van der Waals surface area contributed by atoms with Crippen LogP contribution in [0.5, 0.6) is 0 Å². The zero-order valence-corrected chi connectivity index (χ0v) is 15.6. The summed E-state index contributed by atoms with van der Waals surface area (Å²) in [6.45, 7) is 4.40. The van der Waals surface area contributed by atoms with Gasteiger partial charge in [-0.1, -0.05) is 47.6 Å². The van der Waals surface area contributed by atoms with Gasteiger partial charge in [-0.3, -0.25) is 0 Å². The van der Waals surface area contributed by atoms with Crippen molar-refractivity contribution in [3.8, 4) is 0 Å². The van der Waals surface area contributed by atoms with Crippen LogP contribution in [0, 0.1) is 0 Å². The Balaban J connectivity index is 1.72. The lowest BCUT2D eigenvalue weighted by Crippen LogP contribution is -2.10. The standard InChI is InChI=1S/C24H24N2/c1-15-7-9-17(13-15)19-11-12-20(18-10-8-16(2)14-18)24-23(19)25-21-5-3-4-6-22(21)26-24/h7-12H,3-6,13-14H2,1-2H3. The van der Waals surface area contributed by atoms with E-state index >= 15 is 0 Å². The summed E-state index contributed by atoms with van der Waals surface area (Å²) in [6.07, 6.45) is 15.6. The zero-order chi connectivity index (χ0) is 17.7. The molecule has 0 fully saturated rings. The second-order valence-electron chi connectivity index (χ2n) is 7.95. The van der Waals surface area contributed by atoms with Gasteiger partial charge in [0, 0.05) is 11.1 Å². The Labute approximate surface area is 155 Å². The average molecular weight is 340 g/mol. The van der Waals surface area contributed by atoms with E-state index < -0.39 is 0 Å². The van der Waals surface area contributed by atoms with E-state index in [0.717, 1.165) is 36.7 Å². The van der Waals surface area contributed by atoms with Gasteiger partial charge >= 0.3 is 0 Å². The van der Waals surface area contributed by atoms with Gasteiger partial charge in [0.2, 0.25) is 0 Å². The molecule has 0 saturated carbocycles. The lowest BCUT2D eigenvalue weighted by atomic mass is 9.93. The molecule has 0 bridgehead atoms. The number of allylic oxidation sites excluding steroid dienone is 8. The quantitative estimate of drug-likeness (QED) is 0.672. The molecule has 5 rings (SSSR count). The van der Waals surface area contributed by atoms with Crippen LogP contribution in [-0.2, 0) is 12.8 Å². The number of benzene rings is 1. The fraction of sp³-hybridized carbons (Fsp3) is 0.333. The largest absolute Gasteiger partial charge is 0.249 e. The highest BCUT2D eigenvalue weighted by Gasteiger charge is 2.21. The van der Waals surface area contributed by atoms with E-state index in [1.165, 1.54) is 57.6 Å². The maximum Gasteiger partial charge on any atom is 0.0971 e. The van der Waals surface area contributed by atoms with Crippen molar-refractivity contribution in [3.63, 3.8) is 0 Å². The Bertz CT molecular complexity index is 963. The first-order valence-corrected chi connectivity index (χ1v) is 9.75. The molecular formula is C24H24N2. The summed E-state index contributed by atoms with van der Waals surface area (Å²) >= 11 is 0. The lowest BCUT2D eigenvalue weighted by molar-refractivity contribution is 0.655. The van der Waals surface area contributed by atoms with Gasteiger partial charge in [-0.2, -0.15) is 0 Å². The first kappa shape index (κ1) is 15.7. The molecule has 0 aliphatic heterocycles. The number of hydrogen-bond acceptors (Lipinski definition) is 2. The number of rotatable bonds is 2. The molecular weight excluding hydrogens is 316 g/mol. The van der Waals surface area contributed by atoms with Crippen molar-refractivity contribution in [2.45, 2.75) is 52.4 Å². The minimum absolute atomic E-state index is 1.02. The molecule has 0 unspecified atom stereocenters. The normalized spacial score (nSPS) is 19.2. The van der Waals surface area contributed by atoms with E-state index in [4.69, 9.17) is 9.97 Å². The lowest BCUT2D eigenvalue weighted by Gasteiger charge is -2.18. The minimum atomic E-state index is 1.02. The predicted molar refractivity (Wildman–Crippen MR) is 109 cm³/mol. The molecule has 1 aromatic heterocycles. The molecule has 3 aliphatic carbocycles. The van der Waals surface area contributed by atoms with Crippen molar-refractivity contribution < 1.29 is 0 Å². The van der Waals surface area contributed by atoms with Crippen LogP contribution >= 0.6 is 0 Å². The Morgan fingerprint density at radius 1 is 0.654 bits per heavy atom. The molecule has 0 atom stereocenters. The topological polar surface area (TPSA) is 25.8 Å². The number of aryl methyl sites for hydroxylation is 2. The van der Waals surface area contributed by atoms with Crippen molar-refractivity contribution in [2.24, 2.45) is 0 Å². The Morgan fingerprint density at radius 3 is 1.50 bits per heavy atom. The van der Waals surface area contributed by atoms with Crippen LogP contribution in [0.3, 0.4) is 0 Å². The second-order valence-corrected chi connectivity index (χ2v) is 7.95. The maximum atomic E-state index is 5.17. The zero-order valence-electron chi connectivity index (χ0n) is 15.6. The highest BCUT2D eigenvalue weighted by Crippen LogP contribution is 2.38. The summed E-state index contributed by atoms with van der Waals surface area (Å²) in [5.74, 6) is 0. The number of aromatic nitrogens is 2. The van der Waals surface area contributed by atoms with Crippen LogP contribution in [0.15, 0.2) is 47.6 Å². The molecule has 0 spiro atoms. The summed E-state index contributed by atoms with van der Waals surface area (Å²) in [4.78, 5) is 10.3. The Hall–Kier alpha value is -2.48. The van der Waals surface area contributed by atoms with Gasteiger partial charge in [-0.05, 0) is 63.5 Å². The van der Waals surface area contributed by atoms with Gasteiger partial charge < -0.3 is 0 Å². The average Bonchev–Trinajstić information content (AvgIpc) is 3.27. The third-order valence-electron chi connectivity index (χ3n) is 5.82. The molecule has 2 heteroatoms. The molecule has 0 radical (unpaired) electrons. The molecule has 1 aromatic carbocycles. The first-order chi connectivity index (χ1) is 12.7. The van der Waals surface area contributed by atoms with Crippen molar-refractivity contribution >= 4 is 22.2 Å². The van der Waals surface area contributed by atoms with Crippen LogP contribution in [0.2, 0.25) is 0 Å². The SMILES string of the molecule is CC1=CC=C(c2ccc(C3=CC=C(C)C3)c3nc4c(nc23)CCCC4)C1. The first-order valence-electron chi connectivity index (χ1n) is 9.75. The van der Waals surface area contributed by atoms with Crippen LogP contribution < -0.4 is 0 Å². The van der Waals surface area contributed by atoms with Crippen molar-refractivity contribution in [3.05, 3.63) is 70.1 Å². The van der Waals surface area contributed by atoms with Gasteiger partial charge in [-0.15, -0.1) is 0 Å². The van der Waals surface area contributed by atoms with Crippen LogP contribution in [0.4, 0.5) is 0 Å². The molecule has 3 aliphatic rings. The smallest absolute Gasteiger partial charge is 0.0971 e. The number of hydrogen-bond donors (Lipinski definition) is 0. The van der Waals surface area contributed by atoms with E-state index in [-0.39, 0.29) is 0 Å².